The molecule has 3 atom stereocenters. The first-order valence-electron chi connectivity index (χ1n) is 10.3. The lowest BCUT2D eigenvalue weighted by atomic mass is 9.61. The van der Waals surface area contributed by atoms with Crippen LogP contribution in [0.25, 0.3) is 0 Å². The van der Waals surface area contributed by atoms with Crippen molar-refractivity contribution in [1.82, 2.24) is 0 Å². The second kappa shape index (κ2) is 6.79. The van der Waals surface area contributed by atoms with Crippen molar-refractivity contribution in [3.05, 3.63) is 41.5 Å². The third kappa shape index (κ3) is 3.10. The number of Topliss-reactive ketones (excluding diaryl/α,β-unsaturated/α-hetero) is 1. The molecule has 0 amide bonds. The van der Waals surface area contributed by atoms with Gasteiger partial charge in [-0.2, -0.15) is 0 Å². The molecule has 7 heteroatoms. The second-order valence-corrected chi connectivity index (χ2v) is 9.24. The molecule has 1 saturated carbocycles. The molecule has 3 aliphatic rings. The summed E-state index contributed by atoms with van der Waals surface area (Å²) < 4.78 is 28.3. The highest BCUT2D eigenvalue weighted by Gasteiger charge is 2.59. The number of hydrogen-bond acceptors (Lipinski definition) is 7. The van der Waals surface area contributed by atoms with Crippen molar-refractivity contribution < 1.29 is 33.6 Å². The zero-order chi connectivity index (χ0) is 22.0. The average molecular weight is 426 g/mol. The summed E-state index contributed by atoms with van der Waals surface area (Å²) in [5.74, 6) is -0.0872. The van der Waals surface area contributed by atoms with E-state index in [1.54, 1.807) is 26.4 Å². The van der Waals surface area contributed by atoms with Crippen molar-refractivity contribution in [3.8, 4) is 28.7 Å². The highest BCUT2D eigenvalue weighted by Crippen LogP contribution is 2.58. The molecule has 0 saturated heterocycles. The van der Waals surface area contributed by atoms with Gasteiger partial charge in [0.15, 0.2) is 11.5 Å². The standard InChI is InChI=1S/C24H26O7/c1-23(2)10-16(25)22-21(14-6-5-13(27-3)7-17(14)28-4)15-8-19-20(30-12-29-19)9-18(15)31-24(22,26)11-23/h5-9,21-22,26H,10-12H2,1-4H3. The maximum Gasteiger partial charge on any atom is 0.231 e. The number of carbonyl (C=O) groups is 1. The fraction of sp³-hybridized carbons (Fsp3) is 0.458. The molecule has 1 N–H and O–H groups in total. The first-order chi connectivity index (χ1) is 14.7. The summed E-state index contributed by atoms with van der Waals surface area (Å²) in [5.41, 5.74) is 1.16. The van der Waals surface area contributed by atoms with Crippen molar-refractivity contribution in [2.75, 3.05) is 21.0 Å². The molecule has 0 bridgehead atoms. The maximum absolute atomic E-state index is 13.4. The van der Waals surface area contributed by atoms with Crippen LogP contribution in [0.15, 0.2) is 30.3 Å². The van der Waals surface area contributed by atoms with Gasteiger partial charge in [-0.05, 0) is 17.5 Å². The summed E-state index contributed by atoms with van der Waals surface area (Å²) >= 11 is 0. The number of carbonyl (C=O) groups excluding carboxylic acids is 1. The third-order valence-electron chi connectivity index (χ3n) is 6.45. The van der Waals surface area contributed by atoms with Crippen molar-refractivity contribution in [2.45, 2.75) is 38.4 Å². The smallest absolute Gasteiger partial charge is 0.231 e. The molecule has 7 nitrogen and oxygen atoms in total. The Morgan fingerprint density at radius 3 is 2.45 bits per heavy atom. The zero-order valence-corrected chi connectivity index (χ0v) is 18.1. The Morgan fingerprint density at radius 2 is 1.74 bits per heavy atom. The van der Waals surface area contributed by atoms with Crippen LogP contribution >= 0.6 is 0 Å². The first-order valence-corrected chi connectivity index (χ1v) is 10.3. The summed E-state index contributed by atoms with van der Waals surface area (Å²) in [4.78, 5) is 13.4. The monoisotopic (exact) mass is 426 g/mol. The van der Waals surface area contributed by atoms with Crippen LogP contribution in [0.2, 0.25) is 0 Å². The van der Waals surface area contributed by atoms with Gasteiger partial charge in [0.05, 0.1) is 20.1 Å². The molecule has 5 rings (SSSR count). The molecular weight excluding hydrogens is 400 g/mol. The lowest BCUT2D eigenvalue weighted by molar-refractivity contribution is -0.222. The van der Waals surface area contributed by atoms with Gasteiger partial charge < -0.3 is 28.8 Å². The number of fused-ring (bicyclic) bond motifs is 3. The molecule has 0 aromatic heterocycles. The van der Waals surface area contributed by atoms with Crippen LogP contribution in [0.4, 0.5) is 0 Å². The van der Waals surface area contributed by atoms with Gasteiger partial charge in [-0.25, -0.2) is 0 Å². The Labute approximate surface area is 180 Å². The number of aliphatic hydroxyl groups is 1. The third-order valence-corrected chi connectivity index (χ3v) is 6.45. The van der Waals surface area contributed by atoms with E-state index in [9.17, 15) is 9.90 Å². The Bertz CT molecular complexity index is 1060. The summed E-state index contributed by atoms with van der Waals surface area (Å²) in [7, 11) is 3.17. The molecule has 1 fully saturated rings. The molecule has 164 valence electrons. The topological polar surface area (TPSA) is 83.5 Å². The number of ether oxygens (including phenoxy) is 5. The molecule has 2 aliphatic heterocycles. The number of rotatable bonds is 3. The predicted molar refractivity (Wildman–Crippen MR) is 111 cm³/mol. The Hall–Kier alpha value is -2.93. The summed E-state index contributed by atoms with van der Waals surface area (Å²) in [5, 5.41) is 11.7. The van der Waals surface area contributed by atoms with E-state index >= 15 is 0 Å². The van der Waals surface area contributed by atoms with Crippen LogP contribution in [0.3, 0.4) is 0 Å². The summed E-state index contributed by atoms with van der Waals surface area (Å²) in [6.07, 6.45) is 0.692. The number of benzene rings is 2. The van der Waals surface area contributed by atoms with Crippen molar-refractivity contribution in [1.29, 1.82) is 0 Å². The van der Waals surface area contributed by atoms with E-state index < -0.39 is 17.6 Å². The van der Waals surface area contributed by atoms with Gasteiger partial charge in [0.1, 0.15) is 23.0 Å². The maximum atomic E-state index is 13.4. The Morgan fingerprint density at radius 1 is 1.00 bits per heavy atom. The molecule has 2 aromatic rings. The SMILES string of the molecule is COc1ccc(C2c3cc4c(cc3OC3(O)CC(C)(C)CC(=O)C23)OCO4)c(OC)c1. The van der Waals surface area contributed by atoms with Gasteiger partial charge in [0, 0.05) is 42.0 Å². The summed E-state index contributed by atoms with van der Waals surface area (Å²) in [6.45, 7) is 4.07. The first kappa shape index (κ1) is 20.0. The van der Waals surface area contributed by atoms with Crippen molar-refractivity contribution in [2.24, 2.45) is 11.3 Å². The van der Waals surface area contributed by atoms with Crippen LogP contribution in [-0.2, 0) is 4.79 Å². The minimum atomic E-state index is -1.64. The van der Waals surface area contributed by atoms with E-state index in [1.165, 1.54) is 0 Å². The number of ketones is 1. The van der Waals surface area contributed by atoms with Crippen LogP contribution in [-0.4, -0.2) is 37.7 Å². The minimum absolute atomic E-state index is 0.0371. The van der Waals surface area contributed by atoms with Gasteiger partial charge in [0.2, 0.25) is 12.6 Å². The largest absolute Gasteiger partial charge is 0.497 e. The molecular formula is C24H26O7. The average Bonchev–Trinajstić information content (AvgIpc) is 3.16. The Kier molecular flexibility index (Phi) is 4.38. The van der Waals surface area contributed by atoms with Crippen molar-refractivity contribution in [3.63, 3.8) is 0 Å². The fourth-order valence-electron chi connectivity index (χ4n) is 5.30. The van der Waals surface area contributed by atoms with Crippen LogP contribution in [0.1, 0.15) is 43.7 Å². The van der Waals surface area contributed by atoms with E-state index in [0.29, 0.717) is 41.6 Å². The Balaban J connectivity index is 1.74. The van der Waals surface area contributed by atoms with Gasteiger partial charge >= 0.3 is 0 Å². The van der Waals surface area contributed by atoms with E-state index in [4.69, 9.17) is 23.7 Å². The van der Waals surface area contributed by atoms with Crippen LogP contribution in [0, 0.1) is 11.3 Å². The van der Waals surface area contributed by atoms with E-state index in [-0.39, 0.29) is 18.0 Å². The summed E-state index contributed by atoms with van der Waals surface area (Å²) in [6, 6.07) is 9.08. The molecule has 1 aliphatic carbocycles. The second-order valence-electron chi connectivity index (χ2n) is 9.24. The molecule has 2 heterocycles. The van der Waals surface area contributed by atoms with E-state index in [2.05, 4.69) is 0 Å². The molecule has 3 unspecified atom stereocenters. The highest BCUT2D eigenvalue weighted by molar-refractivity contribution is 5.86. The fourth-order valence-corrected chi connectivity index (χ4v) is 5.30. The normalized spacial score (nSPS) is 27.7. The molecule has 2 aromatic carbocycles. The number of hydrogen-bond donors (Lipinski definition) is 1. The molecule has 0 spiro atoms. The lowest BCUT2D eigenvalue weighted by Gasteiger charge is -2.51. The van der Waals surface area contributed by atoms with Crippen LogP contribution < -0.4 is 23.7 Å². The number of methoxy groups -OCH3 is 2. The van der Waals surface area contributed by atoms with E-state index in [0.717, 1.165) is 11.1 Å². The van der Waals surface area contributed by atoms with E-state index in [1.807, 2.05) is 32.0 Å². The van der Waals surface area contributed by atoms with Crippen LogP contribution in [0.5, 0.6) is 28.7 Å². The highest BCUT2D eigenvalue weighted by atomic mass is 16.7. The molecule has 0 radical (unpaired) electrons. The van der Waals surface area contributed by atoms with Gasteiger partial charge in [-0.3, -0.25) is 4.79 Å². The van der Waals surface area contributed by atoms with Gasteiger partial charge in [0.25, 0.3) is 0 Å². The predicted octanol–water partition coefficient (Wildman–Crippen LogP) is 3.65. The molecule has 31 heavy (non-hydrogen) atoms. The quantitative estimate of drug-likeness (QED) is 0.802. The lowest BCUT2D eigenvalue weighted by Crippen LogP contribution is -2.58. The zero-order valence-electron chi connectivity index (χ0n) is 18.1. The minimum Gasteiger partial charge on any atom is -0.497 e. The van der Waals surface area contributed by atoms with Gasteiger partial charge in [-0.15, -0.1) is 0 Å². The van der Waals surface area contributed by atoms with Crippen molar-refractivity contribution >= 4 is 5.78 Å². The van der Waals surface area contributed by atoms with Gasteiger partial charge in [-0.1, -0.05) is 19.9 Å².